The number of anilines is 1. The molecule has 0 unspecified atom stereocenters. The van der Waals surface area contributed by atoms with Crippen molar-refractivity contribution in [2.45, 2.75) is 18.6 Å². The fraction of sp³-hybridized carbons (Fsp3) is 0.167. The number of hydrogen-bond donors (Lipinski definition) is 1. The zero-order chi connectivity index (χ0) is 18.5. The van der Waals surface area contributed by atoms with Gasteiger partial charge in [-0.05, 0) is 47.1 Å². The number of aromatic nitrogens is 3. The number of hydrogen-bond acceptors (Lipinski definition) is 5. The van der Waals surface area contributed by atoms with Gasteiger partial charge in [0, 0.05) is 12.2 Å². The summed E-state index contributed by atoms with van der Waals surface area (Å²) in [5, 5.41) is 11.9. The minimum atomic E-state index is -0.103. The molecule has 0 atom stereocenters. The van der Waals surface area contributed by atoms with E-state index in [1.54, 1.807) is 12.1 Å². The molecule has 0 aliphatic heterocycles. The predicted octanol–water partition coefficient (Wildman–Crippen LogP) is 4.53. The van der Waals surface area contributed by atoms with E-state index in [9.17, 15) is 4.79 Å². The number of nitrogens with zero attached hydrogens (tertiary/aromatic N) is 3. The lowest BCUT2D eigenvalue weighted by atomic mass is 10.2. The van der Waals surface area contributed by atoms with Crippen LogP contribution in [-0.4, -0.2) is 26.4 Å². The largest absolute Gasteiger partial charge is 0.446 e. The maximum absolute atomic E-state index is 12.2. The van der Waals surface area contributed by atoms with Crippen molar-refractivity contribution in [1.82, 2.24) is 14.8 Å². The summed E-state index contributed by atoms with van der Waals surface area (Å²) in [5.74, 6) is 1.32. The van der Waals surface area contributed by atoms with Crippen LogP contribution in [0.25, 0.3) is 11.6 Å². The Labute approximate surface area is 163 Å². The highest BCUT2D eigenvalue weighted by Crippen LogP contribution is 2.27. The molecule has 0 radical (unpaired) electrons. The summed E-state index contributed by atoms with van der Waals surface area (Å²) in [7, 11) is 0. The number of halogens is 1. The molecule has 26 heavy (non-hydrogen) atoms. The molecular weight excluding hydrogens is 416 g/mol. The summed E-state index contributed by atoms with van der Waals surface area (Å²) in [5.41, 5.74) is 1.92. The van der Waals surface area contributed by atoms with Crippen molar-refractivity contribution in [2.24, 2.45) is 0 Å². The standard InChI is InChI=1S/C18H17BrN4O2S/c1-3-10-23-17(14-8-9-15(19)25-14)21-22-18(23)26-11-16(24)20-13-6-4-12(2)5-7-13/h3-9H,1,10-11H2,2H3,(H,20,24). The first-order valence-electron chi connectivity index (χ1n) is 7.86. The number of benzene rings is 1. The smallest absolute Gasteiger partial charge is 0.234 e. The Morgan fingerprint density at radius 3 is 2.73 bits per heavy atom. The van der Waals surface area contributed by atoms with E-state index < -0.39 is 0 Å². The molecule has 1 N–H and O–H groups in total. The van der Waals surface area contributed by atoms with Gasteiger partial charge in [-0.25, -0.2) is 0 Å². The number of furan rings is 1. The van der Waals surface area contributed by atoms with E-state index in [1.807, 2.05) is 41.8 Å². The Hall–Kier alpha value is -2.32. The molecule has 0 bridgehead atoms. The number of amides is 1. The molecule has 8 heteroatoms. The normalized spacial score (nSPS) is 10.7. The first kappa shape index (κ1) is 18.5. The quantitative estimate of drug-likeness (QED) is 0.438. The van der Waals surface area contributed by atoms with Crippen LogP contribution in [0.5, 0.6) is 0 Å². The van der Waals surface area contributed by atoms with Crippen molar-refractivity contribution in [3.8, 4) is 11.6 Å². The summed E-state index contributed by atoms with van der Waals surface area (Å²) in [6.45, 7) is 6.29. The van der Waals surface area contributed by atoms with Crippen LogP contribution in [0, 0.1) is 6.92 Å². The van der Waals surface area contributed by atoms with Gasteiger partial charge < -0.3 is 9.73 Å². The van der Waals surface area contributed by atoms with Crippen LogP contribution in [-0.2, 0) is 11.3 Å². The van der Waals surface area contributed by atoms with E-state index in [-0.39, 0.29) is 11.7 Å². The Kier molecular flexibility index (Phi) is 5.95. The number of nitrogens with one attached hydrogen (secondary N) is 1. The van der Waals surface area contributed by atoms with Crippen LogP contribution in [0.2, 0.25) is 0 Å². The third kappa shape index (κ3) is 4.44. The van der Waals surface area contributed by atoms with Gasteiger partial charge in [0.2, 0.25) is 11.7 Å². The van der Waals surface area contributed by atoms with Gasteiger partial charge in [0.25, 0.3) is 0 Å². The minimum absolute atomic E-state index is 0.103. The number of thioether (sulfide) groups is 1. The molecule has 0 saturated carbocycles. The van der Waals surface area contributed by atoms with E-state index >= 15 is 0 Å². The van der Waals surface area contributed by atoms with Crippen molar-refractivity contribution in [1.29, 1.82) is 0 Å². The van der Waals surface area contributed by atoms with E-state index in [2.05, 4.69) is 38.0 Å². The summed E-state index contributed by atoms with van der Waals surface area (Å²) in [6.07, 6.45) is 1.75. The number of carbonyl (C=O) groups excluding carboxylic acids is 1. The summed E-state index contributed by atoms with van der Waals surface area (Å²) >= 11 is 4.60. The summed E-state index contributed by atoms with van der Waals surface area (Å²) < 4.78 is 8.04. The Bertz CT molecular complexity index is 918. The average molecular weight is 433 g/mol. The zero-order valence-corrected chi connectivity index (χ0v) is 16.5. The molecule has 2 heterocycles. The number of carbonyl (C=O) groups is 1. The highest BCUT2D eigenvalue weighted by Gasteiger charge is 2.17. The van der Waals surface area contributed by atoms with Gasteiger partial charge >= 0.3 is 0 Å². The molecule has 1 amide bonds. The number of rotatable bonds is 7. The second-order valence-electron chi connectivity index (χ2n) is 5.51. The van der Waals surface area contributed by atoms with Crippen LogP contribution in [0.1, 0.15) is 5.56 Å². The lowest BCUT2D eigenvalue weighted by molar-refractivity contribution is -0.113. The lowest BCUT2D eigenvalue weighted by Gasteiger charge is -2.07. The molecule has 0 aliphatic rings. The van der Waals surface area contributed by atoms with E-state index in [4.69, 9.17) is 4.42 Å². The van der Waals surface area contributed by atoms with Gasteiger partial charge in [-0.2, -0.15) is 0 Å². The van der Waals surface area contributed by atoms with Crippen LogP contribution in [0.15, 0.2) is 63.3 Å². The highest BCUT2D eigenvalue weighted by molar-refractivity contribution is 9.10. The topological polar surface area (TPSA) is 73.0 Å². The molecule has 2 aromatic heterocycles. The molecule has 6 nitrogen and oxygen atoms in total. The monoisotopic (exact) mass is 432 g/mol. The second-order valence-corrected chi connectivity index (χ2v) is 7.24. The van der Waals surface area contributed by atoms with Crippen LogP contribution < -0.4 is 5.32 Å². The Balaban J connectivity index is 1.69. The van der Waals surface area contributed by atoms with Crippen molar-refractivity contribution in [3.05, 3.63) is 59.3 Å². The summed E-state index contributed by atoms with van der Waals surface area (Å²) in [4.78, 5) is 12.2. The molecule has 3 rings (SSSR count). The van der Waals surface area contributed by atoms with E-state index in [1.165, 1.54) is 11.8 Å². The maximum Gasteiger partial charge on any atom is 0.234 e. The molecular formula is C18H17BrN4O2S. The minimum Gasteiger partial charge on any atom is -0.446 e. The third-order valence-corrected chi connectivity index (χ3v) is 4.88. The number of allylic oxidation sites excluding steroid dienone is 1. The van der Waals surface area contributed by atoms with Crippen molar-refractivity contribution < 1.29 is 9.21 Å². The average Bonchev–Trinajstić information content (AvgIpc) is 3.22. The fourth-order valence-corrected chi connectivity index (χ4v) is 3.32. The van der Waals surface area contributed by atoms with Gasteiger partial charge in [0.1, 0.15) is 0 Å². The predicted molar refractivity (Wildman–Crippen MR) is 106 cm³/mol. The van der Waals surface area contributed by atoms with Gasteiger partial charge in [-0.1, -0.05) is 35.5 Å². The molecule has 0 aliphatic carbocycles. The van der Waals surface area contributed by atoms with E-state index in [0.717, 1.165) is 11.3 Å². The van der Waals surface area contributed by atoms with Crippen molar-refractivity contribution >= 4 is 39.3 Å². The third-order valence-electron chi connectivity index (χ3n) is 3.49. The van der Waals surface area contributed by atoms with Crippen LogP contribution >= 0.6 is 27.7 Å². The molecule has 0 fully saturated rings. The Morgan fingerprint density at radius 2 is 2.08 bits per heavy atom. The van der Waals surface area contributed by atoms with Crippen molar-refractivity contribution in [3.63, 3.8) is 0 Å². The van der Waals surface area contributed by atoms with Crippen LogP contribution in [0.4, 0.5) is 5.69 Å². The summed E-state index contributed by atoms with van der Waals surface area (Å²) in [6, 6.07) is 11.3. The van der Waals surface area contributed by atoms with Gasteiger partial charge in [0.15, 0.2) is 15.6 Å². The highest BCUT2D eigenvalue weighted by atomic mass is 79.9. The second kappa shape index (κ2) is 8.37. The van der Waals surface area contributed by atoms with E-state index in [0.29, 0.717) is 28.0 Å². The first-order chi connectivity index (χ1) is 12.6. The SMILES string of the molecule is C=CCn1c(SCC(=O)Nc2ccc(C)cc2)nnc1-c1ccc(Br)o1. The Morgan fingerprint density at radius 1 is 1.31 bits per heavy atom. The molecule has 1 aromatic carbocycles. The van der Waals surface area contributed by atoms with Crippen LogP contribution in [0.3, 0.4) is 0 Å². The molecule has 134 valence electrons. The van der Waals surface area contributed by atoms with Gasteiger partial charge in [-0.15, -0.1) is 16.8 Å². The van der Waals surface area contributed by atoms with Gasteiger partial charge in [0.05, 0.1) is 5.75 Å². The molecule has 3 aromatic rings. The number of aryl methyl sites for hydroxylation is 1. The van der Waals surface area contributed by atoms with Crippen molar-refractivity contribution in [2.75, 3.05) is 11.1 Å². The first-order valence-corrected chi connectivity index (χ1v) is 9.64. The fourth-order valence-electron chi connectivity index (χ4n) is 2.27. The van der Waals surface area contributed by atoms with Gasteiger partial charge in [-0.3, -0.25) is 9.36 Å². The molecule has 0 saturated heterocycles. The maximum atomic E-state index is 12.2. The molecule has 0 spiro atoms. The zero-order valence-electron chi connectivity index (χ0n) is 14.1. The lowest BCUT2D eigenvalue weighted by Crippen LogP contribution is -2.14.